The van der Waals surface area contributed by atoms with E-state index in [0.717, 1.165) is 0 Å². The van der Waals surface area contributed by atoms with Gasteiger partial charge in [0.25, 0.3) is 0 Å². The van der Waals surface area contributed by atoms with Crippen LogP contribution in [0.2, 0.25) is 0 Å². The van der Waals surface area contributed by atoms with Gasteiger partial charge in [0, 0.05) is 20.4 Å². The molecule has 5 heavy (non-hydrogen) atoms. The first kappa shape index (κ1) is 5.54. The molecule has 34 valence electrons. The summed E-state index contributed by atoms with van der Waals surface area (Å²) in [4.78, 5) is 7.53. The van der Waals surface area contributed by atoms with Crippen molar-refractivity contribution in [1.29, 1.82) is 0 Å². The Morgan fingerprint density at radius 2 is 1.60 bits per heavy atom. The molecule has 0 amide bonds. The molecule has 0 aromatic heterocycles. The first-order valence-corrected chi connectivity index (χ1v) is 0.896. The predicted molar refractivity (Wildman–Crippen MR) is 8.18 cm³/mol. The number of aliphatic hydroxyl groups excluding tert-OH is 1. The van der Waals surface area contributed by atoms with Crippen molar-refractivity contribution in [2.24, 2.45) is 0 Å². The van der Waals surface area contributed by atoms with E-state index in [1.54, 1.807) is 0 Å². The van der Waals surface area contributed by atoms with Crippen molar-refractivity contribution in [1.82, 2.24) is 0 Å². The minimum atomic E-state index is -0.917. The van der Waals surface area contributed by atoms with Crippen LogP contribution in [0.3, 0.4) is 0 Å². The summed E-state index contributed by atoms with van der Waals surface area (Å²) in [7, 11) is 0. The van der Waals surface area contributed by atoms with Gasteiger partial charge in [-0.3, -0.25) is 0 Å². The van der Waals surface area contributed by atoms with Gasteiger partial charge in [-0.2, -0.15) is 9.78 Å². The molecule has 0 atom stereocenters. The molecule has 1 saturated heterocycles. The smallest absolute Gasteiger partial charge is 0.327 e. The molecule has 4 heteroatoms. The fourth-order valence-corrected chi connectivity index (χ4v) is 0.0248. The van der Waals surface area contributed by atoms with Crippen molar-refractivity contribution in [3.05, 3.63) is 0 Å². The first-order chi connectivity index (χ1) is 1.89. The zero-order valence-corrected chi connectivity index (χ0v) is 3.71. The van der Waals surface area contributed by atoms with Crippen molar-refractivity contribution < 1.29 is 35.3 Å². The standard InChI is InChI=1S/CH2O3.Pd/c2-1-3-4-1;/h1-2H;. The van der Waals surface area contributed by atoms with E-state index in [0.29, 0.717) is 0 Å². The summed E-state index contributed by atoms with van der Waals surface area (Å²) in [6.45, 7) is -0.917. The summed E-state index contributed by atoms with van der Waals surface area (Å²) >= 11 is 0. The van der Waals surface area contributed by atoms with Gasteiger partial charge in [0.15, 0.2) is 0 Å². The van der Waals surface area contributed by atoms with Gasteiger partial charge in [-0.15, -0.1) is 0 Å². The second-order valence-electron chi connectivity index (χ2n) is 0.499. The number of rotatable bonds is 0. The van der Waals surface area contributed by atoms with E-state index in [9.17, 15) is 0 Å². The molecule has 0 bridgehead atoms. The third-order valence-electron chi connectivity index (χ3n) is 0.182. The molecule has 0 saturated carbocycles. The summed E-state index contributed by atoms with van der Waals surface area (Å²) in [5.41, 5.74) is 0. The number of hydrogen-bond donors (Lipinski definition) is 1. The third-order valence-corrected chi connectivity index (χ3v) is 0.182. The van der Waals surface area contributed by atoms with E-state index in [4.69, 9.17) is 5.11 Å². The zero-order valence-electron chi connectivity index (χ0n) is 2.16. The van der Waals surface area contributed by atoms with E-state index >= 15 is 0 Å². The van der Waals surface area contributed by atoms with E-state index in [-0.39, 0.29) is 20.4 Å². The van der Waals surface area contributed by atoms with Crippen molar-refractivity contribution in [2.75, 3.05) is 0 Å². The molecule has 0 unspecified atom stereocenters. The SMILES string of the molecule is OC1OO1.[Pd]. The molecule has 0 aliphatic carbocycles. The molecule has 3 nitrogen and oxygen atoms in total. The molecule has 1 aliphatic heterocycles. The van der Waals surface area contributed by atoms with Crippen molar-refractivity contribution >= 4 is 0 Å². The van der Waals surface area contributed by atoms with E-state index < -0.39 is 6.48 Å². The molecule has 1 rings (SSSR count). The summed E-state index contributed by atoms with van der Waals surface area (Å²) < 4.78 is 0. The molecule has 1 aliphatic rings. The third kappa shape index (κ3) is 2.34. The largest absolute Gasteiger partial charge is 0.342 e. The average Bonchev–Trinajstić information content (AvgIpc) is 1.75. The molecule has 0 aromatic rings. The molecule has 0 spiro atoms. The molecule has 0 radical (unpaired) electrons. The van der Waals surface area contributed by atoms with E-state index in [1.807, 2.05) is 0 Å². The van der Waals surface area contributed by atoms with Crippen LogP contribution in [0.4, 0.5) is 0 Å². The van der Waals surface area contributed by atoms with Crippen LogP contribution in [-0.2, 0) is 30.2 Å². The summed E-state index contributed by atoms with van der Waals surface area (Å²) in [5.74, 6) is 0. The van der Waals surface area contributed by atoms with Crippen LogP contribution in [0, 0.1) is 0 Å². The Hall–Kier alpha value is 0.542. The molecule has 0 aromatic carbocycles. The normalized spacial score (nSPS) is 21.0. The van der Waals surface area contributed by atoms with E-state index in [2.05, 4.69) is 9.78 Å². The van der Waals surface area contributed by atoms with Crippen LogP contribution in [0.5, 0.6) is 0 Å². The van der Waals surface area contributed by atoms with Crippen LogP contribution in [0.1, 0.15) is 0 Å². The maximum atomic E-state index is 7.72. The van der Waals surface area contributed by atoms with Crippen molar-refractivity contribution in [3.63, 3.8) is 0 Å². The monoisotopic (exact) mass is 168 g/mol. The fourth-order valence-electron chi connectivity index (χ4n) is 0.0248. The minimum Gasteiger partial charge on any atom is -0.342 e. The van der Waals surface area contributed by atoms with Crippen LogP contribution >= 0.6 is 0 Å². The van der Waals surface area contributed by atoms with Crippen LogP contribution in [-0.4, -0.2) is 11.6 Å². The van der Waals surface area contributed by atoms with Crippen molar-refractivity contribution in [3.8, 4) is 0 Å². The van der Waals surface area contributed by atoms with Gasteiger partial charge in [-0.25, -0.2) is 0 Å². The van der Waals surface area contributed by atoms with E-state index in [1.165, 1.54) is 0 Å². The molecule has 1 fully saturated rings. The Kier molecular flexibility index (Phi) is 2.06. The second kappa shape index (κ2) is 1.86. The van der Waals surface area contributed by atoms with Gasteiger partial charge in [0.05, 0.1) is 0 Å². The van der Waals surface area contributed by atoms with Gasteiger partial charge in [-0.1, -0.05) is 0 Å². The fraction of sp³-hybridized carbons (Fsp3) is 1.00. The Morgan fingerprint density at radius 3 is 1.60 bits per heavy atom. The second-order valence-corrected chi connectivity index (χ2v) is 0.499. The van der Waals surface area contributed by atoms with Gasteiger partial charge in [-0.05, 0) is 0 Å². The quantitative estimate of drug-likeness (QED) is 0.293. The summed E-state index contributed by atoms with van der Waals surface area (Å²) in [5, 5.41) is 7.72. The van der Waals surface area contributed by atoms with Gasteiger partial charge >= 0.3 is 6.48 Å². The molecule has 1 heterocycles. The Labute approximate surface area is 42.5 Å². The average molecular weight is 168 g/mol. The zero-order chi connectivity index (χ0) is 2.99. The molecular weight excluding hydrogens is 166 g/mol. The Balaban J connectivity index is 0.000000160. The number of aliphatic hydroxyl groups is 1. The van der Waals surface area contributed by atoms with Gasteiger partial charge in [0.2, 0.25) is 0 Å². The van der Waals surface area contributed by atoms with Crippen LogP contribution < -0.4 is 0 Å². The topological polar surface area (TPSA) is 45.3 Å². The van der Waals surface area contributed by atoms with Gasteiger partial charge < -0.3 is 5.11 Å². The summed E-state index contributed by atoms with van der Waals surface area (Å²) in [6.07, 6.45) is 0. The first-order valence-electron chi connectivity index (χ1n) is 0.896. The summed E-state index contributed by atoms with van der Waals surface area (Å²) in [6, 6.07) is 0. The molecule has 1 N–H and O–H groups in total. The Morgan fingerprint density at radius 1 is 1.40 bits per heavy atom. The Bertz CT molecular complexity index is 26.1. The van der Waals surface area contributed by atoms with Crippen LogP contribution in [0.15, 0.2) is 0 Å². The number of hydrogen-bond acceptors (Lipinski definition) is 3. The van der Waals surface area contributed by atoms with Crippen molar-refractivity contribution in [2.45, 2.75) is 6.48 Å². The predicted octanol–water partition coefficient (Wildman–Crippen LogP) is -0.778. The van der Waals surface area contributed by atoms with Crippen LogP contribution in [0.25, 0.3) is 0 Å². The van der Waals surface area contributed by atoms with Gasteiger partial charge in [0.1, 0.15) is 0 Å². The molecular formula is CH2O3Pd. The maximum absolute atomic E-state index is 7.72. The minimum absolute atomic E-state index is 0. The maximum Gasteiger partial charge on any atom is 0.327 e.